The van der Waals surface area contributed by atoms with E-state index in [1.807, 2.05) is 24.4 Å². The van der Waals surface area contributed by atoms with Gasteiger partial charge in [0.15, 0.2) is 0 Å². The molecule has 5 aromatic carbocycles. The van der Waals surface area contributed by atoms with Crippen molar-refractivity contribution in [1.29, 1.82) is 0 Å². The molecule has 0 aliphatic heterocycles. The number of pyridine rings is 1. The average Bonchev–Trinajstić information content (AvgIpc) is 3.47. The van der Waals surface area contributed by atoms with Gasteiger partial charge in [-0.15, -0.1) is 48.0 Å². The maximum Gasteiger partial charge on any atom is 0.129 e. The van der Waals surface area contributed by atoms with E-state index in [1.165, 1.54) is 33.5 Å². The summed E-state index contributed by atoms with van der Waals surface area (Å²) in [7, 11) is -1.30. The Kier molecular flexibility index (Phi) is 9.38. The molecule has 1 radical (unpaired) electrons. The van der Waals surface area contributed by atoms with Crippen LogP contribution in [0.2, 0.25) is 19.6 Å². The van der Waals surface area contributed by atoms with Gasteiger partial charge in [-0.25, -0.2) is 4.98 Å². The van der Waals surface area contributed by atoms with E-state index >= 15 is 0 Å². The molecule has 0 aliphatic carbocycles. The van der Waals surface area contributed by atoms with Crippen LogP contribution in [0.3, 0.4) is 0 Å². The molecule has 3 heterocycles. The molecule has 0 saturated carbocycles. The van der Waals surface area contributed by atoms with Crippen LogP contribution in [0.25, 0.3) is 66.0 Å². The van der Waals surface area contributed by atoms with Gasteiger partial charge in [-0.2, -0.15) is 0 Å². The largest absolute Gasteiger partial charge is 0.500 e. The van der Waals surface area contributed by atoms with Crippen molar-refractivity contribution in [2.75, 3.05) is 0 Å². The van der Waals surface area contributed by atoms with Crippen molar-refractivity contribution in [3.63, 3.8) is 0 Å². The quantitative estimate of drug-likeness (QED) is 0.101. The van der Waals surface area contributed by atoms with Crippen LogP contribution < -0.4 is 5.19 Å². The Balaban J connectivity index is 0.000000198. The normalized spacial score (nSPS) is 11.8. The van der Waals surface area contributed by atoms with Crippen LogP contribution in [0.1, 0.15) is 26.5 Å². The molecule has 0 N–H and O–H groups in total. The van der Waals surface area contributed by atoms with Crippen LogP contribution in [-0.2, 0) is 25.5 Å². The zero-order chi connectivity index (χ0) is 33.6. The molecule has 0 fully saturated rings. The predicted molar refractivity (Wildman–Crippen MR) is 199 cm³/mol. The summed E-state index contributed by atoms with van der Waals surface area (Å²) in [6.07, 6.45) is 3.56. The molecule has 4 nitrogen and oxygen atoms in total. The summed E-state index contributed by atoms with van der Waals surface area (Å²) in [6, 6.07) is 38.0. The second-order valence-corrected chi connectivity index (χ2v) is 19.2. The van der Waals surface area contributed by atoms with Gasteiger partial charge in [0.1, 0.15) is 11.9 Å². The summed E-state index contributed by atoms with van der Waals surface area (Å²) in [6.45, 7) is 13.3. The van der Waals surface area contributed by atoms with Gasteiger partial charge in [0.2, 0.25) is 0 Å². The molecule has 7 heteroatoms. The maximum absolute atomic E-state index is 12.8. The molecule has 8 aromatic rings. The zero-order valence-electron chi connectivity index (χ0n) is 28.4. The van der Waals surface area contributed by atoms with Gasteiger partial charge in [0.05, 0.1) is 13.7 Å². The minimum absolute atomic E-state index is 0. The van der Waals surface area contributed by atoms with Crippen molar-refractivity contribution in [3.05, 3.63) is 133 Å². The summed E-state index contributed by atoms with van der Waals surface area (Å²) < 4.78 is 19.4. The summed E-state index contributed by atoms with van der Waals surface area (Å²) in [5, 5.41) is 8.24. The molecule has 0 bridgehead atoms. The van der Waals surface area contributed by atoms with Crippen molar-refractivity contribution >= 4 is 56.7 Å². The Morgan fingerprint density at radius 2 is 1.47 bits per heavy atom. The fourth-order valence-corrected chi connectivity index (χ4v) is 6.98. The number of hydrogen-bond donors (Lipinski definition) is 0. The topological polar surface area (TPSA) is 51.8 Å². The SMILES string of the molecule is CC(C)(C)c1cc(-c2[c-]ccc3c2oc2c3ccc3ccc4ccccc4c32)ncn1.C[Si](C)(C)c1ccc(-c2[c-]cc(F)cc2)nc1.[Ir]. The predicted octanol–water partition coefficient (Wildman–Crippen LogP) is 10.7. The number of rotatable bonds is 3. The Bertz CT molecular complexity index is 2430. The Labute approximate surface area is 300 Å². The van der Waals surface area contributed by atoms with Crippen LogP contribution in [0.5, 0.6) is 0 Å². The van der Waals surface area contributed by atoms with E-state index in [4.69, 9.17) is 4.42 Å². The van der Waals surface area contributed by atoms with E-state index in [0.29, 0.717) is 0 Å². The van der Waals surface area contributed by atoms with E-state index in [9.17, 15) is 4.39 Å². The number of hydrogen-bond acceptors (Lipinski definition) is 4. The molecule has 247 valence electrons. The molecule has 0 amide bonds. The smallest absolute Gasteiger partial charge is 0.129 e. The van der Waals surface area contributed by atoms with Crippen molar-refractivity contribution in [1.82, 2.24) is 15.0 Å². The number of furan rings is 1. The molecule has 0 unspecified atom stereocenters. The van der Waals surface area contributed by atoms with Crippen molar-refractivity contribution in [2.45, 2.75) is 45.8 Å². The van der Waals surface area contributed by atoms with E-state index in [2.05, 4.69) is 128 Å². The number of halogens is 1. The van der Waals surface area contributed by atoms with Gasteiger partial charge in [-0.05, 0) is 32.7 Å². The molecular formula is C42H36FIrN3OSi-2. The van der Waals surface area contributed by atoms with Gasteiger partial charge in [-0.1, -0.05) is 118 Å². The first-order valence-corrected chi connectivity index (χ1v) is 19.6. The maximum atomic E-state index is 12.8. The van der Waals surface area contributed by atoms with Crippen LogP contribution in [0.4, 0.5) is 4.39 Å². The van der Waals surface area contributed by atoms with Crippen LogP contribution in [0, 0.1) is 17.9 Å². The van der Waals surface area contributed by atoms with Crippen molar-refractivity contribution < 1.29 is 28.9 Å². The summed E-state index contributed by atoms with van der Waals surface area (Å²) >= 11 is 0. The van der Waals surface area contributed by atoms with Crippen LogP contribution in [-0.4, -0.2) is 23.0 Å². The molecule has 0 spiro atoms. The molecule has 0 aliphatic rings. The van der Waals surface area contributed by atoms with E-state index in [-0.39, 0.29) is 31.3 Å². The number of nitrogens with zero attached hydrogens (tertiary/aromatic N) is 3. The number of aromatic nitrogens is 3. The monoisotopic (exact) mass is 838 g/mol. The average molecular weight is 838 g/mol. The first-order valence-electron chi connectivity index (χ1n) is 16.1. The molecule has 49 heavy (non-hydrogen) atoms. The minimum atomic E-state index is -1.30. The first kappa shape index (κ1) is 34.3. The fraction of sp³-hybridized carbons (Fsp3) is 0.167. The van der Waals surface area contributed by atoms with Gasteiger partial charge < -0.3 is 9.40 Å². The van der Waals surface area contributed by atoms with Gasteiger partial charge >= 0.3 is 0 Å². The third-order valence-corrected chi connectivity index (χ3v) is 10.7. The second kappa shape index (κ2) is 13.4. The second-order valence-electron chi connectivity index (χ2n) is 14.2. The number of benzene rings is 5. The number of fused-ring (bicyclic) bond motifs is 7. The summed E-state index contributed by atoms with van der Waals surface area (Å²) in [4.78, 5) is 13.5. The standard InChI is InChI=1S/C28H21N2O.C14H15FNSi.Ir/c1-28(2,3)24-15-23(29-16-30-24)22-10-6-9-20-21-14-13-18-12-11-17-7-4-5-8-19(17)25(18)27(21)31-26(20)22;1-17(2,3)13-8-9-14(16-10-13)11-4-6-12(15)7-5-11;/h4-9,11-16H,1-3H3;4,6-10H,1-3H3;/q2*-1;. The van der Waals surface area contributed by atoms with Gasteiger partial charge in [-0.3, -0.25) is 9.37 Å². The van der Waals surface area contributed by atoms with Crippen molar-refractivity contribution in [2.24, 2.45) is 0 Å². The molecule has 0 saturated heterocycles. The first-order chi connectivity index (χ1) is 23.0. The Morgan fingerprint density at radius 3 is 2.18 bits per heavy atom. The third kappa shape index (κ3) is 6.84. The Morgan fingerprint density at radius 1 is 0.714 bits per heavy atom. The zero-order valence-corrected chi connectivity index (χ0v) is 31.7. The molecule has 3 aromatic heterocycles. The van der Waals surface area contributed by atoms with Crippen LogP contribution in [0.15, 0.2) is 114 Å². The van der Waals surface area contributed by atoms with E-state index in [0.717, 1.165) is 55.5 Å². The van der Waals surface area contributed by atoms with Crippen LogP contribution >= 0.6 is 0 Å². The van der Waals surface area contributed by atoms with Crippen molar-refractivity contribution in [3.8, 4) is 22.5 Å². The van der Waals surface area contributed by atoms with Gasteiger partial charge in [0, 0.05) is 54.0 Å². The molecule has 8 rings (SSSR count). The minimum Gasteiger partial charge on any atom is -0.500 e. The van der Waals surface area contributed by atoms with Gasteiger partial charge in [0.25, 0.3) is 0 Å². The molecule has 0 atom stereocenters. The fourth-order valence-electron chi connectivity index (χ4n) is 5.94. The van der Waals surface area contributed by atoms with E-state index < -0.39 is 8.07 Å². The third-order valence-electron chi connectivity index (χ3n) is 8.68. The summed E-state index contributed by atoms with van der Waals surface area (Å²) in [5.41, 5.74) is 6.03. The Hall–Kier alpha value is -4.55. The summed E-state index contributed by atoms with van der Waals surface area (Å²) in [5.74, 6) is -0.271. The molecular weight excluding hydrogens is 802 g/mol. The van der Waals surface area contributed by atoms with E-state index in [1.54, 1.807) is 12.4 Å².